The summed E-state index contributed by atoms with van der Waals surface area (Å²) in [6.07, 6.45) is 16.8. The molecule has 2 saturated heterocycles. The van der Waals surface area contributed by atoms with Crippen LogP contribution in [0.3, 0.4) is 0 Å². The second-order valence-corrected chi connectivity index (χ2v) is 16.0. The lowest BCUT2D eigenvalue weighted by Gasteiger charge is -2.42. The maximum atomic E-state index is 14.7. The summed E-state index contributed by atoms with van der Waals surface area (Å²) in [5, 5.41) is 20.2. The first-order chi connectivity index (χ1) is 29.3. The van der Waals surface area contributed by atoms with Crippen molar-refractivity contribution < 1.29 is 19.5 Å². The number of rotatable bonds is 10. The summed E-state index contributed by atoms with van der Waals surface area (Å²) in [6.45, 7) is 2.23. The van der Waals surface area contributed by atoms with Gasteiger partial charge >= 0.3 is 0 Å². The molecule has 9 rings (SSSR count). The molecule has 2 N–H and O–H groups in total. The van der Waals surface area contributed by atoms with E-state index in [0.717, 1.165) is 58.6 Å². The van der Waals surface area contributed by atoms with Gasteiger partial charge in [0.2, 0.25) is 17.6 Å². The molecule has 4 heterocycles. The molecular formula is C52H42N4O4. The number of aliphatic hydroxyl groups is 1. The van der Waals surface area contributed by atoms with Crippen LogP contribution in [0, 0.1) is 59.7 Å². The number of carbonyl (C=O) groups is 3. The third-order valence-electron chi connectivity index (χ3n) is 12.5. The highest BCUT2D eigenvalue weighted by Crippen LogP contribution is 2.52. The molecule has 5 aliphatic rings. The predicted octanol–water partition coefficient (Wildman–Crippen LogP) is 7.58. The van der Waals surface area contributed by atoms with Crippen LogP contribution in [0.4, 0.5) is 17.1 Å². The maximum absolute atomic E-state index is 14.7. The van der Waals surface area contributed by atoms with E-state index in [2.05, 4.69) is 65.5 Å². The van der Waals surface area contributed by atoms with Gasteiger partial charge in [0, 0.05) is 52.9 Å². The Morgan fingerprint density at radius 1 is 0.733 bits per heavy atom. The van der Waals surface area contributed by atoms with Crippen LogP contribution in [-0.4, -0.2) is 34.0 Å². The van der Waals surface area contributed by atoms with Crippen LogP contribution in [0.25, 0.3) is 32.7 Å². The van der Waals surface area contributed by atoms with E-state index < -0.39 is 11.3 Å². The molecule has 4 aromatic carbocycles. The number of unbranched alkanes of at least 4 members (excludes halogenated alkanes) is 7. The fourth-order valence-electron chi connectivity index (χ4n) is 9.77. The summed E-state index contributed by atoms with van der Waals surface area (Å²) in [7, 11) is 0. The number of hydrogen-bond acceptors (Lipinski definition) is 6. The van der Waals surface area contributed by atoms with E-state index in [1.165, 1.54) is 32.1 Å². The lowest BCUT2D eigenvalue weighted by molar-refractivity contribution is -0.118. The van der Waals surface area contributed by atoms with Gasteiger partial charge in [-0.2, -0.15) is 0 Å². The number of nitrogens with one attached hydrogen (secondary N) is 1. The number of amides is 2. The highest BCUT2D eigenvalue weighted by molar-refractivity contribution is 6.52. The molecule has 60 heavy (non-hydrogen) atoms. The molecule has 0 aromatic heterocycles. The first-order valence-electron chi connectivity index (χ1n) is 20.9. The highest BCUT2D eigenvalue weighted by Gasteiger charge is 2.52. The van der Waals surface area contributed by atoms with E-state index in [0.29, 0.717) is 41.1 Å². The van der Waals surface area contributed by atoms with E-state index in [1.807, 2.05) is 59.5 Å². The molecule has 2 fully saturated rings. The van der Waals surface area contributed by atoms with E-state index >= 15 is 0 Å². The van der Waals surface area contributed by atoms with Crippen LogP contribution in [0.5, 0.6) is 0 Å². The Morgan fingerprint density at radius 3 is 2.17 bits per heavy atom. The standard InChI is InChI=1S/C52H42N4O4/c1-3-5-7-9-11-13-15-17-31-51-33-30-42(58)56(51)48-38(28-26-35-21-19-23-39(53-51)43(35)48)46-49(59)45(50(46)60)37-27-25-36-22-20-24-40-44(36)47(37)54-52(34-29-41(57)55(40)52)32-18-16-14-12-10-8-6-4-2/h1,19-28,53,59H,4,6,8,10,12,14,16,18,29-30,32-34H2,2H3. The minimum absolute atomic E-state index is 0.0577. The molecule has 4 aromatic rings. The zero-order chi connectivity index (χ0) is 41.4. The number of carbonyl (C=O) groups excluding carboxylic acids is 3. The Hall–Kier alpha value is -7.18. The third kappa shape index (κ3) is 6.18. The van der Waals surface area contributed by atoms with Crippen LogP contribution in [0.2, 0.25) is 0 Å². The molecule has 294 valence electrons. The Morgan fingerprint density at radius 2 is 1.40 bits per heavy atom. The summed E-state index contributed by atoms with van der Waals surface area (Å²) in [5.41, 5.74) is 0.909. The molecule has 0 saturated carbocycles. The van der Waals surface area contributed by atoms with Gasteiger partial charge in [0.15, 0.2) is 5.66 Å². The fraction of sp³-hybridized carbons (Fsp3) is 0.308. The van der Waals surface area contributed by atoms with Crippen molar-refractivity contribution in [2.75, 3.05) is 15.1 Å². The van der Waals surface area contributed by atoms with E-state index in [9.17, 15) is 19.5 Å². The number of ketones is 1. The van der Waals surface area contributed by atoms with Crippen molar-refractivity contribution in [2.45, 2.75) is 102 Å². The van der Waals surface area contributed by atoms with Gasteiger partial charge in [0.1, 0.15) is 11.4 Å². The summed E-state index contributed by atoms with van der Waals surface area (Å²) < 4.78 is 0. The number of hydrogen-bond donors (Lipinski definition) is 2. The monoisotopic (exact) mass is 786 g/mol. The Bertz CT molecular complexity index is 3050. The molecule has 2 unspecified atom stereocenters. The second kappa shape index (κ2) is 15.5. The van der Waals surface area contributed by atoms with Crippen LogP contribution in [0.15, 0.2) is 71.4 Å². The van der Waals surface area contributed by atoms with Gasteiger partial charge in [-0.25, -0.2) is 0 Å². The number of Topliss-reactive ketones (excluding diaryl/α,β-unsaturated/α-hetero) is 1. The van der Waals surface area contributed by atoms with E-state index in [1.54, 1.807) is 11.0 Å². The van der Waals surface area contributed by atoms with Crippen molar-refractivity contribution >= 4 is 67.4 Å². The third-order valence-corrected chi connectivity index (χ3v) is 12.5. The van der Waals surface area contributed by atoms with Crippen molar-refractivity contribution in [3.63, 3.8) is 0 Å². The molecule has 8 heteroatoms. The zero-order valence-corrected chi connectivity index (χ0v) is 33.6. The van der Waals surface area contributed by atoms with Gasteiger partial charge in [0.25, 0.3) is 0 Å². The second-order valence-electron chi connectivity index (χ2n) is 16.0. The van der Waals surface area contributed by atoms with E-state index in [4.69, 9.17) is 11.4 Å². The molecule has 1 aliphatic carbocycles. The summed E-state index contributed by atoms with van der Waals surface area (Å²) >= 11 is 0. The summed E-state index contributed by atoms with van der Waals surface area (Å²) in [6, 6.07) is 19.2. The largest absolute Gasteiger partial charge is 0.506 e. The van der Waals surface area contributed by atoms with Crippen LogP contribution in [-0.2, 0) is 14.4 Å². The van der Waals surface area contributed by atoms with E-state index in [-0.39, 0.29) is 40.9 Å². The predicted molar refractivity (Wildman–Crippen MR) is 236 cm³/mol. The Kier molecular flexibility index (Phi) is 9.93. The molecule has 2 amide bonds. The smallest absolute Gasteiger partial charge is 0.229 e. The molecular weight excluding hydrogens is 745 g/mol. The number of fused-ring (bicyclic) bond motifs is 4. The lowest BCUT2D eigenvalue weighted by atomic mass is 9.79. The van der Waals surface area contributed by atoms with Crippen molar-refractivity contribution in [3.8, 4) is 59.7 Å². The Labute approximate surface area is 349 Å². The van der Waals surface area contributed by atoms with Crippen molar-refractivity contribution in [3.05, 3.63) is 82.6 Å². The minimum atomic E-state index is -1.15. The number of nitrogens with zero attached hydrogens (tertiary/aromatic N) is 3. The van der Waals surface area contributed by atoms with Crippen molar-refractivity contribution in [1.82, 2.24) is 0 Å². The molecule has 0 bridgehead atoms. The normalized spacial score (nSPS) is 21.2. The first-order valence-corrected chi connectivity index (χ1v) is 20.9. The SMILES string of the molecule is C#CC#CC#CC#CC#CC12CCC(=O)N1c1c(C3=C(O)C(=c4ccc5cccc6c5c4=NC4(CCCCCCCCCC)CCC(=O)N64)C3=O)ccc3cccc(c13)N2. The van der Waals surface area contributed by atoms with Crippen LogP contribution >= 0.6 is 0 Å². The number of allylic oxidation sites excluding steroid dienone is 2. The van der Waals surface area contributed by atoms with Gasteiger partial charge in [0.05, 0.1) is 27.9 Å². The molecule has 0 radical (unpaired) electrons. The van der Waals surface area contributed by atoms with Crippen molar-refractivity contribution in [1.29, 1.82) is 0 Å². The molecule has 4 aliphatic heterocycles. The minimum Gasteiger partial charge on any atom is -0.506 e. The maximum Gasteiger partial charge on any atom is 0.229 e. The summed E-state index contributed by atoms with van der Waals surface area (Å²) in [5.74, 6) is 23.1. The number of benzene rings is 4. The van der Waals surface area contributed by atoms with Gasteiger partial charge in [-0.3, -0.25) is 29.2 Å². The Balaban J connectivity index is 1.16. The number of anilines is 3. The quantitative estimate of drug-likeness (QED) is 0.128. The average molecular weight is 787 g/mol. The number of terminal acetylenes is 1. The molecule has 0 spiro atoms. The van der Waals surface area contributed by atoms with Crippen molar-refractivity contribution in [2.24, 2.45) is 4.99 Å². The van der Waals surface area contributed by atoms with Gasteiger partial charge in [-0.1, -0.05) is 100 Å². The zero-order valence-electron chi connectivity index (χ0n) is 33.6. The van der Waals surface area contributed by atoms with Crippen LogP contribution in [0.1, 0.15) is 96.0 Å². The molecule has 8 nitrogen and oxygen atoms in total. The van der Waals surface area contributed by atoms with Gasteiger partial charge < -0.3 is 10.4 Å². The average Bonchev–Trinajstić information content (AvgIpc) is 3.77. The molecule has 2 atom stereocenters. The first kappa shape index (κ1) is 38.3. The summed E-state index contributed by atoms with van der Waals surface area (Å²) in [4.78, 5) is 51.2. The lowest BCUT2D eigenvalue weighted by Crippen LogP contribution is -2.53. The fourth-order valence-corrected chi connectivity index (χ4v) is 9.77. The van der Waals surface area contributed by atoms with Gasteiger partial charge in [-0.15, -0.1) is 6.42 Å². The van der Waals surface area contributed by atoms with Crippen LogP contribution < -0.4 is 25.7 Å². The highest BCUT2D eigenvalue weighted by atomic mass is 16.3. The number of aliphatic hydroxyl groups excluding tert-OH is 1. The topological polar surface area (TPSA) is 102 Å². The van der Waals surface area contributed by atoms with Gasteiger partial charge in [-0.05, 0) is 89.0 Å².